The molecule has 0 spiro atoms. The van der Waals surface area contributed by atoms with E-state index in [4.69, 9.17) is 11.5 Å². The standard InChI is InChI=1S/C8H12O/c1-3-5-6-7-8(9)4-2/h2,5-6,8-9H,3,7H2,1H3. The van der Waals surface area contributed by atoms with Gasteiger partial charge >= 0.3 is 0 Å². The predicted molar refractivity (Wildman–Crippen MR) is 38.9 cm³/mol. The van der Waals surface area contributed by atoms with Crippen molar-refractivity contribution in [2.45, 2.75) is 25.9 Å². The summed E-state index contributed by atoms with van der Waals surface area (Å²) in [6, 6.07) is 0. The van der Waals surface area contributed by atoms with Crippen molar-refractivity contribution in [1.82, 2.24) is 0 Å². The average molecular weight is 124 g/mol. The molecule has 0 heterocycles. The molecule has 1 heteroatoms. The molecule has 0 saturated carbocycles. The van der Waals surface area contributed by atoms with Crippen molar-refractivity contribution in [2.24, 2.45) is 0 Å². The third-order valence-corrected chi connectivity index (χ3v) is 0.954. The van der Waals surface area contributed by atoms with Crippen molar-refractivity contribution in [3.05, 3.63) is 12.2 Å². The van der Waals surface area contributed by atoms with E-state index in [9.17, 15) is 0 Å². The molecule has 1 unspecified atom stereocenters. The molecular formula is C8H12O. The van der Waals surface area contributed by atoms with Crippen LogP contribution in [0.25, 0.3) is 0 Å². The summed E-state index contributed by atoms with van der Waals surface area (Å²) in [7, 11) is 0. The molecule has 0 aromatic rings. The molecule has 0 fully saturated rings. The van der Waals surface area contributed by atoms with Gasteiger partial charge < -0.3 is 5.11 Å². The van der Waals surface area contributed by atoms with Crippen LogP contribution in [-0.4, -0.2) is 11.2 Å². The van der Waals surface area contributed by atoms with Crippen molar-refractivity contribution in [3.8, 4) is 12.3 Å². The molecule has 50 valence electrons. The molecule has 0 amide bonds. The van der Waals surface area contributed by atoms with E-state index in [0.29, 0.717) is 6.42 Å². The molecule has 0 aromatic carbocycles. The second kappa shape index (κ2) is 5.40. The number of allylic oxidation sites excluding steroid dienone is 1. The van der Waals surface area contributed by atoms with Gasteiger partial charge in [-0.05, 0) is 6.42 Å². The minimum atomic E-state index is -0.604. The lowest BCUT2D eigenvalue weighted by molar-refractivity contribution is 0.236. The SMILES string of the molecule is C#CC(O)CC=CCC. The number of rotatable bonds is 3. The van der Waals surface area contributed by atoms with Crippen LogP contribution in [0.4, 0.5) is 0 Å². The van der Waals surface area contributed by atoms with E-state index in [2.05, 4.69) is 5.92 Å². The summed E-state index contributed by atoms with van der Waals surface area (Å²) in [6.45, 7) is 2.04. The van der Waals surface area contributed by atoms with Gasteiger partial charge in [-0.3, -0.25) is 0 Å². The van der Waals surface area contributed by atoms with Crippen molar-refractivity contribution in [3.63, 3.8) is 0 Å². The average Bonchev–Trinajstić information content (AvgIpc) is 1.89. The van der Waals surface area contributed by atoms with Crippen LogP contribution in [0.15, 0.2) is 12.2 Å². The van der Waals surface area contributed by atoms with E-state index in [0.717, 1.165) is 6.42 Å². The van der Waals surface area contributed by atoms with Crippen LogP contribution in [-0.2, 0) is 0 Å². The van der Waals surface area contributed by atoms with Gasteiger partial charge in [0.2, 0.25) is 0 Å². The normalized spacial score (nSPS) is 13.4. The van der Waals surface area contributed by atoms with Gasteiger partial charge in [0.1, 0.15) is 6.10 Å². The Morgan fingerprint density at radius 2 is 2.33 bits per heavy atom. The fourth-order valence-electron chi connectivity index (χ4n) is 0.460. The summed E-state index contributed by atoms with van der Waals surface area (Å²) in [5.41, 5.74) is 0. The molecule has 0 saturated heterocycles. The topological polar surface area (TPSA) is 20.2 Å². The zero-order valence-corrected chi connectivity index (χ0v) is 5.67. The van der Waals surface area contributed by atoms with Gasteiger partial charge in [-0.2, -0.15) is 0 Å². The highest BCUT2D eigenvalue weighted by molar-refractivity contribution is 4.98. The Balaban J connectivity index is 3.29. The van der Waals surface area contributed by atoms with Crippen LogP contribution >= 0.6 is 0 Å². The zero-order valence-electron chi connectivity index (χ0n) is 5.67. The fourth-order valence-corrected chi connectivity index (χ4v) is 0.460. The summed E-state index contributed by atoms with van der Waals surface area (Å²) < 4.78 is 0. The van der Waals surface area contributed by atoms with E-state index in [-0.39, 0.29) is 0 Å². The molecule has 0 aliphatic heterocycles. The molecule has 1 atom stereocenters. The molecule has 9 heavy (non-hydrogen) atoms. The quantitative estimate of drug-likeness (QED) is 0.444. The van der Waals surface area contributed by atoms with Gasteiger partial charge in [0.25, 0.3) is 0 Å². The number of terminal acetylenes is 1. The van der Waals surface area contributed by atoms with Crippen molar-refractivity contribution < 1.29 is 5.11 Å². The van der Waals surface area contributed by atoms with Gasteiger partial charge in [0, 0.05) is 6.42 Å². The largest absolute Gasteiger partial charge is 0.380 e. The number of hydrogen-bond donors (Lipinski definition) is 1. The van der Waals surface area contributed by atoms with Crippen molar-refractivity contribution in [1.29, 1.82) is 0 Å². The molecule has 0 rings (SSSR count). The molecule has 0 aliphatic rings. The molecule has 1 N–H and O–H groups in total. The van der Waals surface area contributed by atoms with Gasteiger partial charge in [-0.15, -0.1) is 6.42 Å². The van der Waals surface area contributed by atoms with Crippen molar-refractivity contribution in [2.75, 3.05) is 0 Å². The minimum absolute atomic E-state index is 0.574. The van der Waals surface area contributed by atoms with E-state index in [1.54, 1.807) is 0 Å². The lowest BCUT2D eigenvalue weighted by Gasteiger charge is -1.94. The first-order valence-electron chi connectivity index (χ1n) is 3.10. The maximum absolute atomic E-state index is 8.80. The first kappa shape index (κ1) is 8.26. The lowest BCUT2D eigenvalue weighted by Crippen LogP contribution is -1.98. The fraction of sp³-hybridized carbons (Fsp3) is 0.500. The smallest absolute Gasteiger partial charge is 0.117 e. The maximum Gasteiger partial charge on any atom is 0.117 e. The maximum atomic E-state index is 8.80. The van der Waals surface area contributed by atoms with E-state index < -0.39 is 6.10 Å². The highest BCUT2D eigenvalue weighted by atomic mass is 16.3. The highest BCUT2D eigenvalue weighted by Gasteiger charge is 1.90. The Hall–Kier alpha value is -0.740. The van der Waals surface area contributed by atoms with Gasteiger partial charge in [-0.25, -0.2) is 0 Å². The first-order valence-corrected chi connectivity index (χ1v) is 3.10. The Kier molecular flexibility index (Phi) is 4.95. The van der Waals surface area contributed by atoms with Gasteiger partial charge in [0.15, 0.2) is 0 Å². The summed E-state index contributed by atoms with van der Waals surface area (Å²) in [5, 5.41) is 8.80. The van der Waals surface area contributed by atoms with Crippen LogP contribution in [0.3, 0.4) is 0 Å². The summed E-state index contributed by atoms with van der Waals surface area (Å²) in [6.07, 6.45) is 9.77. The van der Waals surface area contributed by atoms with Crippen LogP contribution in [0.2, 0.25) is 0 Å². The van der Waals surface area contributed by atoms with Crippen LogP contribution < -0.4 is 0 Å². The molecule has 1 nitrogen and oxygen atoms in total. The van der Waals surface area contributed by atoms with Crippen LogP contribution in [0.5, 0.6) is 0 Å². The van der Waals surface area contributed by atoms with Crippen molar-refractivity contribution >= 4 is 0 Å². The molecule has 0 radical (unpaired) electrons. The monoisotopic (exact) mass is 124 g/mol. The first-order chi connectivity index (χ1) is 4.31. The van der Waals surface area contributed by atoms with Crippen LogP contribution in [0.1, 0.15) is 19.8 Å². The number of aliphatic hydroxyl groups excluding tert-OH is 1. The second-order valence-electron chi connectivity index (χ2n) is 1.80. The lowest BCUT2D eigenvalue weighted by atomic mass is 10.2. The second-order valence-corrected chi connectivity index (χ2v) is 1.80. The Labute approximate surface area is 56.4 Å². The summed E-state index contributed by atoms with van der Waals surface area (Å²) in [4.78, 5) is 0. The minimum Gasteiger partial charge on any atom is -0.380 e. The molecule has 0 aromatic heterocycles. The Morgan fingerprint density at radius 1 is 1.67 bits per heavy atom. The summed E-state index contributed by atoms with van der Waals surface area (Å²) in [5.74, 6) is 2.23. The number of hydrogen-bond acceptors (Lipinski definition) is 1. The van der Waals surface area contributed by atoms with Gasteiger partial charge in [0.05, 0.1) is 0 Å². The third kappa shape index (κ3) is 5.13. The predicted octanol–water partition coefficient (Wildman–Crippen LogP) is 1.34. The van der Waals surface area contributed by atoms with E-state index in [1.807, 2.05) is 19.1 Å². The summed E-state index contributed by atoms with van der Waals surface area (Å²) >= 11 is 0. The Bertz CT molecular complexity index is 119. The van der Waals surface area contributed by atoms with Gasteiger partial charge in [-0.1, -0.05) is 25.0 Å². The molecular weight excluding hydrogens is 112 g/mol. The van der Waals surface area contributed by atoms with E-state index in [1.165, 1.54) is 0 Å². The number of aliphatic hydroxyl groups is 1. The third-order valence-electron chi connectivity index (χ3n) is 0.954. The van der Waals surface area contributed by atoms with E-state index >= 15 is 0 Å². The molecule has 0 bridgehead atoms. The highest BCUT2D eigenvalue weighted by Crippen LogP contribution is 1.91. The molecule has 0 aliphatic carbocycles. The Morgan fingerprint density at radius 3 is 2.78 bits per heavy atom. The van der Waals surface area contributed by atoms with Crippen LogP contribution in [0, 0.1) is 12.3 Å². The zero-order chi connectivity index (χ0) is 7.11.